The number of hydrogen-bond acceptors (Lipinski definition) is 4. The van der Waals surface area contributed by atoms with Gasteiger partial charge < -0.3 is 14.4 Å². The third-order valence-electron chi connectivity index (χ3n) is 5.78. The molecule has 1 aliphatic heterocycles. The van der Waals surface area contributed by atoms with Crippen molar-refractivity contribution < 1.29 is 14.3 Å². The number of halogens is 2. The van der Waals surface area contributed by atoms with Crippen LogP contribution in [-0.4, -0.2) is 28.4 Å². The highest BCUT2D eigenvalue weighted by Gasteiger charge is 2.31. The molecule has 0 saturated heterocycles. The molecular formula is C27H28BrClN2O3. The van der Waals surface area contributed by atoms with Gasteiger partial charge in [-0.3, -0.25) is 4.79 Å². The lowest BCUT2D eigenvalue weighted by Gasteiger charge is -2.31. The molecular weight excluding hydrogens is 516 g/mol. The second-order valence-corrected chi connectivity index (χ2v) is 10.0. The van der Waals surface area contributed by atoms with Gasteiger partial charge in [-0.1, -0.05) is 57.9 Å². The van der Waals surface area contributed by atoms with Crippen LogP contribution in [0.25, 0.3) is 0 Å². The molecule has 2 heterocycles. The van der Waals surface area contributed by atoms with Crippen LogP contribution in [0.3, 0.4) is 0 Å². The number of aromatic nitrogens is 1. The first kappa shape index (κ1) is 24.6. The van der Waals surface area contributed by atoms with Crippen LogP contribution in [-0.2, 0) is 19.6 Å². The number of carbonyl (C=O) groups is 1. The molecule has 0 N–H and O–H groups in total. The Hall–Kier alpha value is -2.57. The van der Waals surface area contributed by atoms with Crippen molar-refractivity contribution in [1.82, 2.24) is 9.88 Å². The predicted molar refractivity (Wildman–Crippen MR) is 138 cm³/mol. The molecule has 178 valence electrons. The van der Waals surface area contributed by atoms with Gasteiger partial charge in [-0.25, -0.2) is 4.98 Å². The molecule has 0 bridgehead atoms. The maximum absolute atomic E-state index is 13.6. The van der Waals surface area contributed by atoms with E-state index in [0.29, 0.717) is 48.3 Å². The number of aryl methyl sites for hydroxylation is 2. The van der Waals surface area contributed by atoms with Crippen molar-refractivity contribution in [3.63, 3.8) is 0 Å². The second-order valence-electron chi connectivity index (χ2n) is 8.81. The van der Waals surface area contributed by atoms with Crippen LogP contribution >= 0.6 is 27.5 Å². The first-order chi connectivity index (χ1) is 16.2. The number of benzene rings is 2. The SMILES string of the molecule is Cc1cc(C)c(CN2CCc3c(Br)cc(OC(C)C)c(Cl)c3C2=O)c(OCc2ccccc2)n1. The van der Waals surface area contributed by atoms with Gasteiger partial charge in [0.05, 0.1) is 23.2 Å². The summed E-state index contributed by atoms with van der Waals surface area (Å²) in [4.78, 5) is 20.1. The molecule has 0 fully saturated rings. The highest BCUT2D eigenvalue weighted by molar-refractivity contribution is 9.10. The lowest BCUT2D eigenvalue weighted by Crippen LogP contribution is -2.38. The molecule has 2 aromatic carbocycles. The van der Waals surface area contributed by atoms with Crippen LogP contribution in [0, 0.1) is 13.8 Å². The number of hydrogen-bond donors (Lipinski definition) is 0. The zero-order chi connectivity index (χ0) is 24.4. The Morgan fingerprint density at radius 1 is 1.18 bits per heavy atom. The smallest absolute Gasteiger partial charge is 0.256 e. The lowest BCUT2D eigenvalue weighted by atomic mass is 9.97. The molecule has 0 aliphatic carbocycles. The van der Waals surface area contributed by atoms with E-state index in [9.17, 15) is 4.79 Å². The third-order valence-corrected chi connectivity index (χ3v) is 6.87. The molecule has 0 atom stereocenters. The van der Waals surface area contributed by atoms with Crippen LogP contribution in [0.2, 0.25) is 5.02 Å². The zero-order valence-corrected chi connectivity index (χ0v) is 22.2. The Labute approximate surface area is 214 Å². The fourth-order valence-corrected chi connectivity index (χ4v) is 5.06. The molecule has 3 aromatic rings. The maximum Gasteiger partial charge on any atom is 0.256 e. The van der Waals surface area contributed by atoms with Gasteiger partial charge in [0.1, 0.15) is 12.4 Å². The van der Waals surface area contributed by atoms with Gasteiger partial charge in [-0.15, -0.1) is 0 Å². The first-order valence-corrected chi connectivity index (χ1v) is 12.5. The van der Waals surface area contributed by atoms with E-state index < -0.39 is 0 Å². The van der Waals surface area contributed by atoms with Crippen molar-refractivity contribution in [2.24, 2.45) is 0 Å². The predicted octanol–water partition coefficient (Wildman–Crippen LogP) is 6.68. The maximum atomic E-state index is 13.6. The normalized spacial score (nSPS) is 13.3. The van der Waals surface area contributed by atoms with Crippen LogP contribution < -0.4 is 9.47 Å². The minimum atomic E-state index is -0.116. The summed E-state index contributed by atoms with van der Waals surface area (Å²) in [5.41, 5.74) is 5.30. The number of pyridine rings is 1. The third kappa shape index (κ3) is 5.23. The molecule has 5 nitrogen and oxygen atoms in total. The van der Waals surface area contributed by atoms with E-state index in [1.807, 2.05) is 75.1 Å². The highest BCUT2D eigenvalue weighted by Crippen LogP contribution is 2.40. The van der Waals surface area contributed by atoms with E-state index in [4.69, 9.17) is 21.1 Å². The molecule has 1 aliphatic rings. The second kappa shape index (κ2) is 10.4. The van der Waals surface area contributed by atoms with E-state index >= 15 is 0 Å². The number of nitrogens with zero attached hydrogens (tertiary/aromatic N) is 2. The van der Waals surface area contributed by atoms with Crippen LogP contribution in [0.5, 0.6) is 11.6 Å². The number of rotatable bonds is 7. The van der Waals surface area contributed by atoms with Gasteiger partial charge in [-0.2, -0.15) is 0 Å². The topological polar surface area (TPSA) is 51.7 Å². The van der Waals surface area contributed by atoms with E-state index in [2.05, 4.69) is 20.9 Å². The summed E-state index contributed by atoms with van der Waals surface area (Å²) in [5, 5.41) is 0.362. The van der Waals surface area contributed by atoms with Crippen LogP contribution in [0.4, 0.5) is 0 Å². The zero-order valence-electron chi connectivity index (χ0n) is 19.8. The minimum absolute atomic E-state index is 0.0529. The lowest BCUT2D eigenvalue weighted by molar-refractivity contribution is 0.0723. The molecule has 0 radical (unpaired) electrons. The number of fused-ring (bicyclic) bond motifs is 1. The Morgan fingerprint density at radius 3 is 2.62 bits per heavy atom. The summed E-state index contributed by atoms with van der Waals surface area (Å²) in [6.45, 7) is 9.22. The summed E-state index contributed by atoms with van der Waals surface area (Å²) in [7, 11) is 0. The summed E-state index contributed by atoms with van der Waals surface area (Å²) < 4.78 is 12.8. The summed E-state index contributed by atoms with van der Waals surface area (Å²) in [6, 6.07) is 13.9. The van der Waals surface area contributed by atoms with Gasteiger partial charge in [-0.05, 0) is 62.9 Å². The largest absolute Gasteiger partial charge is 0.489 e. The average molecular weight is 544 g/mol. The van der Waals surface area contributed by atoms with Crippen molar-refractivity contribution >= 4 is 33.4 Å². The molecule has 1 amide bonds. The Balaban J connectivity index is 1.63. The van der Waals surface area contributed by atoms with Crippen LogP contribution in [0.1, 0.15) is 52.2 Å². The summed E-state index contributed by atoms with van der Waals surface area (Å²) in [6.07, 6.45) is 0.643. The molecule has 0 unspecified atom stereocenters. The van der Waals surface area contributed by atoms with Gasteiger partial charge in [0, 0.05) is 22.3 Å². The monoisotopic (exact) mass is 542 g/mol. The van der Waals surface area contributed by atoms with Gasteiger partial charge in [0.2, 0.25) is 5.88 Å². The molecule has 0 saturated carbocycles. The summed E-state index contributed by atoms with van der Waals surface area (Å²) in [5.74, 6) is 0.955. The van der Waals surface area contributed by atoms with Crippen molar-refractivity contribution in [1.29, 1.82) is 0 Å². The van der Waals surface area contributed by atoms with Gasteiger partial charge in [0.15, 0.2) is 0 Å². The van der Waals surface area contributed by atoms with E-state index in [1.54, 1.807) is 0 Å². The Morgan fingerprint density at radius 2 is 1.91 bits per heavy atom. The van der Waals surface area contributed by atoms with Crippen molar-refractivity contribution in [2.75, 3.05) is 6.54 Å². The Bertz CT molecular complexity index is 1210. The minimum Gasteiger partial charge on any atom is -0.489 e. The van der Waals surface area contributed by atoms with Crippen molar-refractivity contribution in [2.45, 2.75) is 53.4 Å². The average Bonchev–Trinajstić information content (AvgIpc) is 2.79. The van der Waals surface area contributed by atoms with E-state index in [0.717, 1.165) is 32.4 Å². The highest BCUT2D eigenvalue weighted by atomic mass is 79.9. The van der Waals surface area contributed by atoms with Crippen LogP contribution in [0.15, 0.2) is 46.9 Å². The molecule has 0 spiro atoms. The summed E-state index contributed by atoms with van der Waals surface area (Å²) >= 11 is 10.3. The van der Waals surface area contributed by atoms with Gasteiger partial charge in [0.25, 0.3) is 5.91 Å². The van der Waals surface area contributed by atoms with E-state index in [-0.39, 0.29) is 12.0 Å². The molecule has 1 aromatic heterocycles. The Kier molecular flexibility index (Phi) is 7.48. The first-order valence-electron chi connectivity index (χ1n) is 11.3. The number of carbonyl (C=O) groups excluding carboxylic acids is 1. The number of ether oxygens (including phenoxy) is 2. The fourth-order valence-electron chi connectivity index (χ4n) is 4.16. The molecule has 4 rings (SSSR count). The number of amides is 1. The van der Waals surface area contributed by atoms with Gasteiger partial charge >= 0.3 is 0 Å². The quantitative estimate of drug-likeness (QED) is 0.334. The standard InChI is InChI=1S/C27H28BrClN2O3/c1-16(2)34-23-13-22(28)20-10-11-31(27(32)24(20)25(23)29)14-21-17(3)12-18(4)30-26(21)33-15-19-8-6-5-7-9-19/h5-9,12-13,16H,10-11,14-15H2,1-4H3. The fraction of sp³-hybridized carbons (Fsp3) is 0.333. The van der Waals surface area contributed by atoms with Crippen molar-refractivity contribution in [3.8, 4) is 11.6 Å². The molecule has 34 heavy (non-hydrogen) atoms. The van der Waals surface area contributed by atoms with E-state index in [1.165, 1.54) is 0 Å². The van der Waals surface area contributed by atoms with Crippen molar-refractivity contribution in [3.05, 3.63) is 85.5 Å². The molecule has 7 heteroatoms.